The van der Waals surface area contributed by atoms with Gasteiger partial charge in [0.2, 0.25) is 0 Å². The van der Waals surface area contributed by atoms with E-state index in [1.165, 1.54) is 11.8 Å². The highest BCUT2D eigenvalue weighted by molar-refractivity contribution is 7.99. The number of hydrogen-bond donors (Lipinski definition) is 0. The van der Waals surface area contributed by atoms with Gasteiger partial charge in [-0.05, 0) is 46.5 Å². The third-order valence-corrected chi connectivity index (χ3v) is 14.6. The fourth-order valence-electron chi connectivity index (χ4n) is 9.52. The lowest BCUT2D eigenvalue weighted by molar-refractivity contribution is -0.362. The molecule has 0 aromatic heterocycles. The van der Waals surface area contributed by atoms with Crippen molar-refractivity contribution in [2.75, 3.05) is 13.2 Å². The molecule has 0 amide bonds. The van der Waals surface area contributed by atoms with Crippen molar-refractivity contribution in [3.05, 3.63) is 246 Å². The average Bonchev–Trinajstić information content (AvgIpc) is 3.51. The van der Waals surface area contributed by atoms with Crippen LogP contribution in [0.4, 0.5) is 0 Å². The topological polar surface area (TPSA) is 153 Å². The highest BCUT2D eigenvalue weighted by Gasteiger charge is 2.55. The van der Waals surface area contributed by atoms with Gasteiger partial charge in [-0.3, -0.25) is 9.59 Å². The van der Waals surface area contributed by atoms with Gasteiger partial charge < -0.3 is 52.1 Å². The van der Waals surface area contributed by atoms with Crippen LogP contribution in [-0.2, 0) is 88.1 Å². The van der Waals surface area contributed by atoms with E-state index in [0.717, 1.165) is 27.1 Å². The molecule has 408 valence electrons. The fraction of sp³-hybridized carbons (Fsp3) is 0.297. The van der Waals surface area contributed by atoms with Crippen LogP contribution >= 0.6 is 11.8 Å². The molecule has 11 atom stereocenters. The van der Waals surface area contributed by atoms with Crippen LogP contribution < -0.4 is 0 Å². The Labute approximate surface area is 464 Å². The fourth-order valence-corrected chi connectivity index (χ4v) is 10.6. The van der Waals surface area contributed by atoms with Crippen LogP contribution in [0.1, 0.15) is 57.3 Å². The van der Waals surface area contributed by atoms with Crippen LogP contribution in [0, 0.1) is 0 Å². The highest BCUT2D eigenvalue weighted by Crippen LogP contribution is 2.40. The second kappa shape index (κ2) is 28.2. The maximum atomic E-state index is 14.5. The molecule has 0 aliphatic carbocycles. The van der Waals surface area contributed by atoms with E-state index in [-0.39, 0.29) is 38.6 Å². The number of hydrogen-bond acceptors (Lipinski definition) is 15. The van der Waals surface area contributed by atoms with Crippen LogP contribution in [0.5, 0.6) is 0 Å². The van der Waals surface area contributed by atoms with E-state index >= 15 is 0 Å². The molecule has 0 spiro atoms. The van der Waals surface area contributed by atoms with Gasteiger partial charge in [0.25, 0.3) is 0 Å². The minimum atomic E-state index is -1.33. The zero-order valence-electron chi connectivity index (χ0n) is 43.3. The Morgan fingerprint density at radius 2 is 0.937 bits per heavy atom. The molecular formula is C64H62O14S. The molecule has 0 unspecified atom stereocenters. The van der Waals surface area contributed by atoms with Gasteiger partial charge >= 0.3 is 17.9 Å². The monoisotopic (exact) mass is 1090 g/mol. The predicted octanol–water partition coefficient (Wildman–Crippen LogP) is 10.8. The van der Waals surface area contributed by atoms with Crippen molar-refractivity contribution < 1.29 is 66.5 Å². The normalized spacial score (nSPS) is 24.6. The molecular weight excluding hydrogens is 1020 g/mol. The first-order valence-electron chi connectivity index (χ1n) is 26.5. The quantitative estimate of drug-likeness (QED) is 0.0441. The van der Waals surface area contributed by atoms with Crippen molar-refractivity contribution in [3.63, 3.8) is 0 Å². The SMILES string of the molecule is O=C(CCC(=O)O[C@@H]1[C@@H](OCc2ccccc2)[C@H](OCc2ccccc2)[C@@H](COCc2ccccc2)O[C@H]1Sc1ccccc1)O[C@@H]1[C@@H](OC(=O)c2ccccc2)[C@@H](OCc2ccccc2)O[C@@H]2CO[C@@H](c3ccccc3)O[C@@H]12. The third-order valence-electron chi connectivity index (χ3n) is 13.5. The number of fused-ring (bicyclic) bond motifs is 1. The Balaban J connectivity index is 0.915. The van der Waals surface area contributed by atoms with E-state index in [1.807, 2.05) is 182 Å². The maximum absolute atomic E-state index is 14.5. The summed E-state index contributed by atoms with van der Waals surface area (Å²) >= 11 is 1.38. The number of rotatable bonds is 23. The summed E-state index contributed by atoms with van der Waals surface area (Å²) in [5.74, 6) is -2.20. The molecule has 3 saturated heterocycles. The molecule has 0 saturated carbocycles. The second-order valence-corrected chi connectivity index (χ2v) is 20.3. The lowest BCUT2D eigenvalue weighted by Crippen LogP contribution is -2.64. The summed E-state index contributed by atoms with van der Waals surface area (Å²) in [6.07, 6.45) is -10.8. The Morgan fingerprint density at radius 1 is 0.456 bits per heavy atom. The lowest BCUT2D eigenvalue weighted by atomic mass is 9.97. The number of carbonyl (C=O) groups excluding carboxylic acids is 3. The summed E-state index contributed by atoms with van der Waals surface area (Å²) in [5.41, 5.74) is 3.79. The summed E-state index contributed by atoms with van der Waals surface area (Å²) in [7, 11) is 0. The maximum Gasteiger partial charge on any atom is 0.338 e. The highest BCUT2D eigenvalue weighted by atomic mass is 32.2. The minimum absolute atomic E-state index is 0.0321. The zero-order chi connectivity index (χ0) is 54.0. The largest absolute Gasteiger partial charge is 0.456 e. The van der Waals surface area contributed by atoms with Crippen molar-refractivity contribution in [1.29, 1.82) is 0 Å². The van der Waals surface area contributed by atoms with Crippen LogP contribution in [0.25, 0.3) is 0 Å². The van der Waals surface area contributed by atoms with Gasteiger partial charge in [0.15, 0.2) is 30.9 Å². The van der Waals surface area contributed by atoms with Crippen molar-refractivity contribution in [2.24, 2.45) is 0 Å². The molecule has 0 N–H and O–H groups in total. The number of benzene rings is 7. The van der Waals surface area contributed by atoms with E-state index < -0.39 is 97.6 Å². The first-order chi connectivity index (χ1) is 38.9. The van der Waals surface area contributed by atoms with Gasteiger partial charge in [-0.15, -0.1) is 0 Å². The van der Waals surface area contributed by atoms with E-state index in [2.05, 4.69) is 0 Å². The van der Waals surface area contributed by atoms with Gasteiger partial charge in [0, 0.05) is 10.5 Å². The van der Waals surface area contributed by atoms with Crippen LogP contribution in [-0.4, -0.2) is 91.7 Å². The molecule has 3 aliphatic heterocycles. The third kappa shape index (κ3) is 15.4. The second-order valence-electron chi connectivity index (χ2n) is 19.2. The summed E-state index contributed by atoms with van der Waals surface area (Å²) in [5, 5.41) is 0. The number of thioether (sulfide) groups is 1. The van der Waals surface area contributed by atoms with Gasteiger partial charge in [-0.1, -0.05) is 200 Å². The molecule has 14 nitrogen and oxygen atoms in total. The van der Waals surface area contributed by atoms with Gasteiger partial charge in [0.1, 0.15) is 36.0 Å². The smallest absolute Gasteiger partial charge is 0.338 e. The number of carbonyl (C=O) groups is 3. The minimum Gasteiger partial charge on any atom is -0.456 e. The van der Waals surface area contributed by atoms with E-state index in [1.54, 1.807) is 30.3 Å². The predicted molar refractivity (Wildman–Crippen MR) is 292 cm³/mol. The van der Waals surface area contributed by atoms with Crippen molar-refractivity contribution in [3.8, 4) is 0 Å². The average molecular weight is 1090 g/mol. The molecule has 3 fully saturated rings. The first-order valence-corrected chi connectivity index (χ1v) is 27.4. The van der Waals surface area contributed by atoms with Gasteiger partial charge in [-0.2, -0.15) is 0 Å². The van der Waals surface area contributed by atoms with Crippen molar-refractivity contribution in [2.45, 2.75) is 111 Å². The summed E-state index contributed by atoms with van der Waals surface area (Å²) in [6, 6.07) is 66.2. The molecule has 3 heterocycles. The van der Waals surface area contributed by atoms with Crippen LogP contribution in [0.15, 0.2) is 217 Å². The van der Waals surface area contributed by atoms with Crippen molar-refractivity contribution >= 4 is 29.7 Å². The molecule has 0 radical (unpaired) electrons. The van der Waals surface area contributed by atoms with E-state index in [9.17, 15) is 14.4 Å². The van der Waals surface area contributed by atoms with Gasteiger partial charge in [-0.25, -0.2) is 4.79 Å². The Morgan fingerprint density at radius 3 is 1.51 bits per heavy atom. The molecule has 3 aliphatic rings. The van der Waals surface area contributed by atoms with Crippen molar-refractivity contribution in [1.82, 2.24) is 0 Å². The molecule has 0 bridgehead atoms. The molecule has 7 aromatic carbocycles. The molecule has 10 rings (SSSR count). The van der Waals surface area contributed by atoms with Gasteiger partial charge in [0.05, 0.1) is 58.0 Å². The Kier molecular flexibility index (Phi) is 19.8. The zero-order valence-corrected chi connectivity index (χ0v) is 44.2. The molecule has 15 heteroatoms. The standard InChI is InChI=1S/C64H62O14S/c65-53(75-58-56-52(43-72-62(78-56)49-32-18-6-19-33-49)73-63(71-41-47-28-14-4-15-29-47)59(58)77-61(67)48-30-16-5-17-31-48)36-37-54(66)76-60-57(70-40-46-26-12-3-13-27-46)55(69-39-45-24-10-2-11-25-45)51(42-68-38-44-22-8-1-9-23-44)74-64(60)79-50-34-20-7-21-35-50/h1-35,51-52,55-60,62-64H,36-43H2/t51-,52-,55-,56-,57+,58+,59-,60-,62-,63+,64+/m1/s1. The Hall–Kier alpha value is -7.02. The lowest BCUT2D eigenvalue weighted by Gasteiger charge is -2.48. The number of ether oxygens (including phenoxy) is 11. The molecule has 7 aromatic rings. The van der Waals surface area contributed by atoms with Crippen LogP contribution in [0.2, 0.25) is 0 Å². The van der Waals surface area contributed by atoms with Crippen LogP contribution in [0.3, 0.4) is 0 Å². The Bertz CT molecular complexity index is 2950. The molecule has 79 heavy (non-hydrogen) atoms. The number of esters is 3. The van der Waals surface area contributed by atoms with E-state index in [4.69, 9.17) is 52.1 Å². The first kappa shape index (κ1) is 55.3. The van der Waals surface area contributed by atoms with E-state index in [0.29, 0.717) is 12.2 Å². The summed E-state index contributed by atoms with van der Waals surface area (Å²) in [6.45, 7) is 0.932. The summed E-state index contributed by atoms with van der Waals surface area (Å²) in [4.78, 5) is 43.8. The summed E-state index contributed by atoms with van der Waals surface area (Å²) < 4.78 is 71.6.